The van der Waals surface area contributed by atoms with E-state index in [2.05, 4.69) is 17.7 Å². The van der Waals surface area contributed by atoms with Gasteiger partial charge in [0.15, 0.2) is 0 Å². The highest BCUT2D eigenvalue weighted by Gasteiger charge is 2.39. The highest BCUT2D eigenvalue weighted by molar-refractivity contribution is 7.88. The quantitative estimate of drug-likeness (QED) is 0.245. The van der Waals surface area contributed by atoms with Crippen molar-refractivity contribution in [1.82, 2.24) is 9.76 Å². The fourth-order valence-electron chi connectivity index (χ4n) is 1.96. The Morgan fingerprint density at radius 1 is 1.43 bits per heavy atom. The smallest absolute Gasteiger partial charge is 0.306 e. The van der Waals surface area contributed by atoms with Crippen LogP contribution < -0.4 is 5.09 Å². The van der Waals surface area contributed by atoms with Crippen molar-refractivity contribution < 1.29 is 22.1 Å². The molecule has 1 fully saturated rings. The van der Waals surface area contributed by atoms with Gasteiger partial charge in [-0.2, -0.15) is 21.0 Å². The summed E-state index contributed by atoms with van der Waals surface area (Å²) in [5.74, 6) is -0.0173. The highest BCUT2D eigenvalue weighted by atomic mass is 35.5. The van der Waals surface area contributed by atoms with Crippen LogP contribution in [0.4, 0.5) is 0 Å². The van der Waals surface area contributed by atoms with E-state index in [-0.39, 0.29) is 18.4 Å². The minimum Gasteiger partial charge on any atom is -0.306 e. The molecular formula is C9H19Cl2N2O5PS2. The maximum Gasteiger partial charge on any atom is 0.343 e. The van der Waals surface area contributed by atoms with Gasteiger partial charge in [0.25, 0.3) is 10.1 Å². The monoisotopic (exact) mass is 400 g/mol. The van der Waals surface area contributed by atoms with Gasteiger partial charge in [0.2, 0.25) is 0 Å². The molecule has 0 amide bonds. The number of alkyl halides is 2. The van der Waals surface area contributed by atoms with Gasteiger partial charge < -0.3 is 4.52 Å². The minimum absolute atomic E-state index is 0.193. The molecule has 0 aromatic heterocycles. The third-order valence-electron chi connectivity index (χ3n) is 2.93. The molecule has 1 rings (SSSR count). The second kappa shape index (κ2) is 8.70. The highest BCUT2D eigenvalue weighted by Crippen LogP contribution is 2.50. The molecule has 1 aliphatic rings. The van der Waals surface area contributed by atoms with Crippen molar-refractivity contribution in [1.29, 1.82) is 0 Å². The molecule has 3 atom stereocenters. The number of nitrogens with one attached hydrogen (secondary N) is 1. The van der Waals surface area contributed by atoms with Gasteiger partial charge in [0, 0.05) is 36.1 Å². The Morgan fingerprint density at radius 3 is 2.48 bits per heavy atom. The van der Waals surface area contributed by atoms with Gasteiger partial charge in [-0.3, -0.25) is 9.12 Å². The molecule has 1 aliphatic heterocycles. The lowest BCUT2D eigenvalue weighted by Crippen LogP contribution is -2.47. The lowest BCUT2D eigenvalue weighted by Gasteiger charge is -2.38. The first kappa shape index (κ1) is 20.0. The van der Waals surface area contributed by atoms with E-state index in [9.17, 15) is 13.0 Å². The van der Waals surface area contributed by atoms with Crippen molar-refractivity contribution in [3.63, 3.8) is 0 Å². The summed E-state index contributed by atoms with van der Waals surface area (Å²) in [5.41, 5.74) is 0. The van der Waals surface area contributed by atoms with Crippen molar-refractivity contribution in [2.45, 2.75) is 17.7 Å². The van der Waals surface area contributed by atoms with Gasteiger partial charge in [-0.15, -0.1) is 23.2 Å². The van der Waals surface area contributed by atoms with Crippen molar-refractivity contribution in [3.05, 3.63) is 0 Å². The molecule has 21 heavy (non-hydrogen) atoms. The molecule has 0 bridgehead atoms. The number of nitrogens with zero attached hydrogens (tertiary/aromatic N) is 1. The predicted octanol–water partition coefficient (Wildman–Crippen LogP) is 1.44. The molecule has 1 saturated heterocycles. The fourth-order valence-corrected chi connectivity index (χ4v) is 6.38. The zero-order valence-electron chi connectivity index (χ0n) is 11.2. The molecule has 2 N–H and O–H groups in total. The third kappa shape index (κ3) is 6.53. The Morgan fingerprint density at radius 2 is 2.00 bits per heavy atom. The number of halogens is 2. The Kier molecular flexibility index (Phi) is 8.29. The van der Waals surface area contributed by atoms with Crippen molar-refractivity contribution >= 4 is 53.6 Å². The normalized spacial score (nSPS) is 28.7. The molecule has 3 unspecified atom stereocenters. The summed E-state index contributed by atoms with van der Waals surface area (Å²) in [4.78, 5) is 0. The molecule has 0 aliphatic carbocycles. The van der Waals surface area contributed by atoms with Gasteiger partial charge in [-0.05, 0) is 6.42 Å². The number of hydrogen-bond donors (Lipinski definition) is 3. The zero-order valence-corrected chi connectivity index (χ0v) is 15.3. The minimum atomic E-state index is -4.15. The average Bonchev–Trinajstić information content (AvgIpc) is 2.36. The average molecular weight is 401 g/mol. The number of rotatable bonds is 8. The maximum absolute atomic E-state index is 12.8. The lowest BCUT2D eigenvalue weighted by molar-refractivity contribution is 0.210. The van der Waals surface area contributed by atoms with Crippen LogP contribution in [0.5, 0.6) is 0 Å². The van der Waals surface area contributed by atoms with E-state index < -0.39 is 34.8 Å². The molecule has 0 spiro atoms. The Labute approximate surface area is 140 Å². The molecule has 0 radical (unpaired) electrons. The predicted molar refractivity (Wildman–Crippen MR) is 87.3 cm³/mol. The van der Waals surface area contributed by atoms with E-state index >= 15 is 0 Å². The van der Waals surface area contributed by atoms with E-state index in [1.54, 1.807) is 0 Å². The third-order valence-corrected chi connectivity index (χ3v) is 7.17. The van der Waals surface area contributed by atoms with Crippen LogP contribution in [-0.2, 0) is 19.2 Å². The van der Waals surface area contributed by atoms with Crippen LogP contribution in [0.1, 0.15) is 6.42 Å². The van der Waals surface area contributed by atoms with E-state index in [1.807, 2.05) is 0 Å². The molecule has 0 aromatic rings. The summed E-state index contributed by atoms with van der Waals surface area (Å²) >= 11 is 15.5. The van der Waals surface area contributed by atoms with E-state index in [4.69, 9.17) is 32.3 Å². The van der Waals surface area contributed by atoms with Crippen molar-refractivity contribution in [2.75, 3.05) is 37.2 Å². The first-order valence-corrected chi connectivity index (χ1v) is 11.0. The molecular weight excluding hydrogens is 382 g/mol. The van der Waals surface area contributed by atoms with E-state index in [1.165, 1.54) is 4.67 Å². The standard InChI is InChI=1S/C9H19Cl2N2O5PS2/c10-2-4-13(5-3-11)19(14)12-8(1-6-18-19)9(20)7-21(15,16)17/h8-9,20H,1-7H2,(H,12,14)(H,15,16,17). The molecule has 126 valence electrons. The number of hydrogen-bond acceptors (Lipinski definition) is 5. The molecule has 0 saturated carbocycles. The van der Waals surface area contributed by atoms with Crippen molar-refractivity contribution in [3.8, 4) is 0 Å². The second-order valence-electron chi connectivity index (χ2n) is 4.53. The molecule has 0 aromatic carbocycles. The van der Waals surface area contributed by atoms with Crippen LogP contribution in [0.15, 0.2) is 0 Å². The van der Waals surface area contributed by atoms with E-state index in [0.29, 0.717) is 19.5 Å². The lowest BCUT2D eigenvalue weighted by atomic mass is 10.2. The topological polar surface area (TPSA) is 95.9 Å². The first-order valence-electron chi connectivity index (χ1n) is 6.25. The van der Waals surface area contributed by atoms with Crippen LogP contribution >= 0.6 is 43.5 Å². The van der Waals surface area contributed by atoms with Gasteiger partial charge in [0.05, 0.1) is 12.4 Å². The Balaban J connectivity index is 2.79. The summed E-state index contributed by atoms with van der Waals surface area (Å²) in [5, 5.41) is 2.11. The summed E-state index contributed by atoms with van der Waals surface area (Å²) in [6.07, 6.45) is 0.434. The van der Waals surface area contributed by atoms with Crippen LogP contribution in [0.25, 0.3) is 0 Å². The second-order valence-corrected chi connectivity index (χ2v) is 9.56. The van der Waals surface area contributed by atoms with Gasteiger partial charge in [-0.25, -0.2) is 9.76 Å². The van der Waals surface area contributed by atoms with Gasteiger partial charge >= 0.3 is 7.67 Å². The Hall–Kier alpha value is 0.950. The van der Waals surface area contributed by atoms with Crippen LogP contribution in [-0.4, -0.2) is 66.1 Å². The van der Waals surface area contributed by atoms with Crippen LogP contribution in [0.3, 0.4) is 0 Å². The molecule has 1 heterocycles. The Bertz CT molecular complexity index is 475. The van der Waals surface area contributed by atoms with Crippen molar-refractivity contribution in [2.24, 2.45) is 0 Å². The van der Waals surface area contributed by atoms with Gasteiger partial charge in [-0.1, -0.05) is 0 Å². The maximum atomic E-state index is 12.8. The summed E-state index contributed by atoms with van der Waals surface area (Å²) in [6.45, 7) is 0.834. The molecule has 7 nitrogen and oxygen atoms in total. The zero-order chi connectivity index (χ0) is 16.1. The first-order chi connectivity index (χ1) is 9.72. The SMILES string of the molecule is O=P1(N(CCCl)CCCl)NC(C(S)CS(=O)(=O)O)CCO1. The van der Waals surface area contributed by atoms with Gasteiger partial charge in [0.1, 0.15) is 0 Å². The fraction of sp³-hybridized carbons (Fsp3) is 1.00. The summed E-state index contributed by atoms with van der Waals surface area (Å²) in [6, 6.07) is -0.469. The van der Waals surface area contributed by atoms with Crippen LogP contribution in [0, 0.1) is 0 Å². The summed E-state index contributed by atoms with van der Waals surface area (Å²) in [7, 11) is -7.50. The van der Waals surface area contributed by atoms with E-state index in [0.717, 1.165) is 0 Å². The largest absolute Gasteiger partial charge is 0.343 e. The molecule has 12 heteroatoms. The summed E-state index contributed by atoms with van der Waals surface area (Å²) < 4.78 is 50.4. The van der Waals surface area contributed by atoms with Crippen LogP contribution in [0.2, 0.25) is 0 Å². The number of thiol groups is 1.